The summed E-state index contributed by atoms with van der Waals surface area (Å²) in [5.41, 5.74) is 5.96. The molecule has 0 aromatic heterocycles. The van der Waals surface area contributed by atoms with Gasteiger partial charge in [-0.1, -0.05) is 20.8 Å². The molecule has 0 saturated heterocycles. The van der Waals surface area contributed by atoms with E-state index < -0.39 is 10.0 Å². The van der Waals surface area contributed by atoms with Crippen molar-refractivity contribution in [1.82, 2.24) is 4.72 Å². The summed E-state index contributed by atoms with van der Waals surface area (Å²) in [6.07, 6.45) is 0.729. The van der Waals surface area contributed by atoms with Crippen molar-refractivity contribution in [3.05, 3.63) is 18.2 Å². The van der Waals surface area contributed by atoms with Gasteiger partial charge in [-0.2, -0.15) is 0 Å². The van der Waals surface area contributed by atoms with Crippen molar-refractivity contribution < 1.29 is 13.2 Å². The Morgan fingerprint density at radius 1 is 1.37 bits per heavy atom. The Morgan fingerprint density at radius 2 is 2.00 bits per heavy atom. The Balaban J connectivity index is 3.07. The number of nitrogens with one attached hydrogen (secondary N) is 1. The van der Waals surface area contributed by atoms with Crippen molar-refractivity contribution >= 4 is 15.7 Å². The summed E-state index contributed by atoms with van der Waals surface area (Å²) in [7, 11) is -2.10. The maximum Gasteiger partial charge on any atom is 0.242 e. The predicted molar refractivity (Wildman–Crippen MR) is 76.6 cm³/mol. The van der Waals surface area contributed by atoms with Gasteiger partial charge < -0.3 is 10.5 Å². The first kappa shape index (κ1) is 15.8. The molecule has 1 aromatic rings. The zero-order chi connectivity index (χ0) is 14.6. The Hall–Kier alpha value is -1.27. The van der Waals surface area contributed by atoms with Crippen LogP contribution in [0.5, 0.6) is 5.75 Å². The number of sulfonamides is 1. The number of methoxy groups -OCH3 is 1. The van der Waals surface area contributed by atoms with Gasteiger partial charge >= 0.3 is 0 Å². The highest BCUT2D eigenvalue weighted by atomic mass is 32.2. The first-order valence-corrected chi connectivity index (χ1v) is 7.76. The normalized spacial score (nSPS) is 13.5. The predicted octanol–water partition coefficient (Wildman–Crippen LogP) is 1.99. The zero-order valence-corrected chi connectivity index (χ0v) is 12.6. The van der Waals surface area contributed by atoms with E-state index in [2.05, 4.69) is 4.72 Å². The molecule has 1 unspecified atom stereocenters. The molecule has 1 rings (SSSR count). The highest BCUT2D eigenvalue weighted by Crippen LogP contribution is 2.24. The monoisotopic (exact) mass is 286 g/mol. The Kier molecular flexibility index (Phi) is 5.20. The van der Waals surface area contributed by atoms with Gasteiger partial charge in [0, 0.05) is 12.1 Å². The van der Waals surface area contributed by atoms with Gasteiger partial charge in [0.25, 0.3) is 0 Å². The molecular formula is C13H22N2O3S. The van der Waals surface area contributed by atoms with E-state index in [9.17, 15) is 8.42 Å². The minimum atomic E-state index is -3.60. The van der Waals surface area contributed by atoms with E-state index >= 15 is 0 Å². The fourth-order valence-corrected chi connectivity index (χ4v) is 3.43. The van der Waals surface area contributed by atoms with Crippen LogP contribution in [0.4, 0.5) is 5.69 Å². The van der Waals surface area contributed by atoms with E-state index in [-0.39, 0.29) is 22.5 Å². The lowest BCUT2D eigenvalue weighted by Crippen LogP contribution is -2.38. The number of nitrogens with two attached hydrogens (primary N) is 1. The van der Waals surface area contributed by atoms with Crippen LogP contribution in [0.15, 0.2) is 23.1 Å². The van der Waals surface area contributed by atoms with Crippen molar-refractivity contribution in [2.75, 3.05) is 12.8 Å². The summed E-state index contributed by atoms with van der Waals surface area (Å²) in [5.74, 6) is 0.756. The van der Waals surface area contributed by atoms with Gasteiger partial charge in [0.05, 0.1) is 12.8 Å². The zero-order valence-electron chi connectivity index (χ0n) is 11.8. The molecule has 0 bridgehead atoms. The van der Waals surface area contributed by atoms with Crippen molar-refractivity contribution in [3.63, 3.8) is 0 Å². The fraction of sp³-hybridized carbons (Fsp3) is 0.538. The molecule has 0 spiro atoms. The fourth-order valence-electron chi connectivity index (χ4n) is 1.85. The van der Waals surface area contributed by atoms with Crippen molar-refractivity contribution in [3.8, 4) is 5.75 Å². The first-order chi connectivity index (χ1) is 8.81. The lowest BCUT2D eigenvalue weighted by atomic mass is 10.0. The highest BCUT2D eigenvalue weighted by Gasteiger charge is 2.23. The topological polar surface area (TPSA) is 81.4 Å². The molecule has 0 radical (unpaired) electrons. The minimum absolute atomic E-state index is 0.0902. The van der Waals surface area contributed by atoms with Crippen LogP contribution in [-0.2, 0) is 10.0 Å². The molecule has 5 nitrogen and oxygen atoms in total. The molecule has 0 heterocycles. The number of hydrogen-bond donors (Lipinski definition) is 2. The van der Waals surface area contributed by atoms with Crippen LogP contribution in [0.2, 0.25) is 0 Å². The van der Waals surface area contributed by atoms with Crippen LogP contribution >= 0.6 is 0 Å². The van der Waals surface area contributed by atoms with Crippen molar-refractivity contribution in [1.29, 1.82) is 0 Å². The van der Waals surface area contributed by atoms with E-state index in [1.165, 1.54) is 19.2 Å². The Labute approximate surface area is 115 Å². The molecule has 6 heteroatoms. The maximum absolute atomic E-state index is 12.3. The van der Waals surface area contributed by atoms with Crippen LogP contribution in [0.1, 0.15) is 27.2 Å². The van der Waals surface area contributed by atoms with Gasteiger partial charge in [-0.15, -0.1) is 0 Å². The number of rotatable bonds is 6. The molecule has 0 aliphatic rings. The molecule has 0 amide bonds. The second-order valence-corrected chi connectivity index (χ2v) is 6.47. The Morgan fingerprint density at radius 3 is 2.42 bits per heavy atom. The van der Waals surface area contributed by atoms with E-state index in [0.29, 0.717) is 5.75 Å². The third-order valence-electron chi connectivity index (χ3n) is 3.06. The van der Waals surface area contributed by atoms with Crippen molar-refractivity contribution in [2.45, 2.75) is 38.1 Å². The number of ether oxygens (including phenoxy) is 1. The molecule has 0 aliphatic heterocycles. The second-order valence-electron chi connectivity index (χ2n) is 4.78. The van der Waals surface area contributed by atoms with Crippen LogP contribution in [0, 0.1) is 5.92 Å². The lowest BCUT2D eigenvalue weighted by Gasteiger charge is -2.21. The third-order valence-corrected chi connectivity index (χ3v) is 4.62. The summed E-state index contributed by atoms with van der Waals surface area (Å²) >= 11 is 0. The van der Waals surface area contributed by atoms with Crippen molar-refractivity contribution in [2.24, 2.45) is 5.92 Å². The number of benzene rings is 1. The summed E-state index contributed by atoms with van der Waals surface area (Å²) in [5, 5.41) is 0. The van der Waals surface area contributed by atoms with Gasteiger partial charge in [-0.05, 0) is 24.5 Å². The van der Waals surface area contributed by atoms with E-state index in [4.69, 9.17) is 10.5 Å². The standard InChI is InChI=1S/C13H22N2O3S/c1-5-12(9(2)3)15-19(16,17)13-7-6-10(18-4)8-11(13)14/h6-9,12,15H,5,14H2,1-4H3. The first-order valence-electron chi connectivity index (χ1n) is 6.27. The smallest absolute Gasteiger partial charge is 0.242 e. The van der Waals surface area contributed by atoms with E-state index in [0.717, 1.165) is 6.42 Å². The minimum Gasteiger partial charge on any atom is -0.497 e. The molecule has 0 saturated carbocycles. The molecule has 19 heavy (non-hydrogen) atoms. The average molecular weight is 286 g/mol. The summed E-state index contributed by atoms with van der Waals surface area (Å²) < 4.78 is 32.3. The third kappa shape index (κ3) is 3.84. The molecule has 1 atom stereocenters. The van der Waals surface area contributed by atoms with E-state index in [1.54, 1.807) is 6.07 Å². The molecule has 0 fully saturated rings. The SMILES string of the molecule is CCC(NS(=O)(=O)c1ccc(OC)cc1N)C(C)C. The molecular weight excluding hydrogens is 264 g/mol. The van der Waals surface area contributed by atoms with Gasteiger partial charge in [-0.3, -0.25) is 0 Å². The number of anilines is 1. The summed E-state index contributed by atoms with van der Waals surface area (Å²) in [6.45, 7) is 5.91. The molecule has 0 aliphatic carbocycles. The molecule has 3 N–H and O–H groups in total. The number of nitrogen functional groups attached to an aromatic ring is 1. The largest absolute Gasteiger partial charge is 0.497 e. The van der Waals surface area contributed by atoms with Gasteiger partial charge in [0.15, 0.2) is 0 Å². The molecule has 1 aromatic carbocycles. The van der Waals surface area contributed by atoms with Gasteiger partial charge in [0.1, 0.15) is 10.6 Å². The average Bonchev–Trinajstić information content (AvgIpc) is 2.35. The van der Waals surface area contributed by atoms with Crippen LogP contribution in [0.3, 0.4) is 0 Å². The molecule has 108 valence electrons. The lowest BCUT2D eigenvalue weighted by molar-refractivity contribution is 0.414. The van der Waals surface area contributed by atoms with Crippen LogP contribution < -0.4 is 15.2 Å². The summed E-state index contributed by atoms with van der Waals surface area (Å²) in [6, 6.07) is 4.45. The van der Waals surface area contributed by atoms with Gasteiger partial charge in [0.2, 0.25) is 10.0 Å². The Bertz CT molecular complexity index is 527. The second kappa shape index (κ2) is 6.25. The maximum atomic E-state index is 12.3. The summed E-state index contributed by atoms with van der Waals surface area (Å²) in [4.78, 5) is 0.0902. The van der Waals surface area contributed by atoms with Gasteiger partial charge in [-0.25, -0.2) is 13.1 Å². The highest BCUT2D eigenvalue weighted by molar-refractivity contribution is 7.89. The van der Waals surface area contributed by atoms with E-state index in [1.807, 2.05) is 20.8 Å². The number of hydrogen-bond acceptors (Lipinski definition) is 4. The quantitative estimate of drug-likeness (QED) is 0.784. The van der Waals surface area contributed by atoms with Crippen LogP contribution in [-0.4, -0.2) is 21.6 Å². The van der Waals surface area contributed by atoms with Crippen LogP contribution in [0.25, 0.3) is 0 Å².